The zero-order valence-corrected chi connectivity index (χ0v) is 4.89. The van der Waals surface area contributed by atoms with Crippen LogP contribution in [0, 0.1) is 12.3 Å². The molecule has 8 heavy (non-hydrogen) atoms. The first kappa shape index (κ1) is 7.48. The zero-order chi connectivity index (χ0) is 6.41. The molecular formula is C6H9O2. The Hall–Kier alpha value is -0.520. The molecule has 1 radical (unpaired) electrons. The van der Waals surface area contributed by atoms with E-state index in [1.54, 1.807) is 0 Å². The summed E-state index contributed by atoms with van der Waals surface area (Å²) in [6, 6.07) is 0. The van der Waals surface area contributed by atoms with Gasteiger partial charge in [-0.25, -0.2) is 5.11 Å². The van der Waals surface area contributed by atoms with Crippen LogP contribution in [0.25, 0.3) is 0 Å². The number of terminal acetylenes is 1. The first-order chi connectivity index (χ1) is 3.77. The van der Waals surface area contributed by atoms with Gasteiger partial charge in [0.05, 0.1) is 6.61 Å². The average molecular weight is 113 g/mol. The van der Waals surface area contributed by atoms with E-state index in [0.717, 1.165) is 0 Å². The van der Waals surface area contributed by atoms with Gasteiger partial charge >= 0.3 is 0 Å². The van der Waals surface area contributed by atoms with Gasteiger partial charge in [-0.1, -0.05) is 5.92 Å². The van der Waals surface area contributed by atoms with Gasteiger partial charge < -0.3 is 4.74 Å². The summed E-state index contributed by atoms with van der Waals surface area (Å²) in [6.07, 6.45) is 4.17. The molecule has 0 saturated carbocycles. The predicted molar refractivity (Wildman–Crippen MR) is 29.8 cm³/mol. The van der Waals surface area contributed by atoms with Crippen LogP contribution in [-0.4, -0.2) is 19.3 Å². The van der Waals surface area contributed by atoms with Gasteiger partial charge in [-0.05, 0) is 6.92 Å². The van der Waals surface area contributed by atoms with Crippen molar-refractivity contribution in [2.75, 3.05) is 13.2 Å². The van der Waals surface area contributed by atoms with Crippen molar-refractivity contribution < 1.29 is 9.84 Å². The highest BCUT2D eigenvalue weighted by molar-refractivity contribution is 4.82. The SMILES string of the molecule is C#CCOCC(C)[O]. The van der Waals surface area contributed by atoms with Crippen molar-refractivity contribution in [3.05, 3.63) is 0 Å². The summed E-state index contributed by atoms with van der Waals surface area (Å²) >= 11 is 0. The molecule has 0 N–H and O–H groups in total. The van der Waals surface area contributed by atoms with E-state index >= 15 is 0 Å². The molecule has 0 heterocycles. The van der Waals surface area contributed by atoms with Gasteiger partial charge in [0, 0.05) is 0 Å². The third-order valence-corrected chi connectivity index (χ3v) is 0.538. The summed E-state index contributed by atoms with van der Waals surface area (Å²) in [6.45, 7) is 1.99. The van der Waals surface area contributed by atoms with E-state index in [2.05, 4.69) is 5.92 Å². The first-order valence-corrected chi connectivity index (χ1v) is 2.44. The second-order valence-electron chi connectivity index (χ2n) is 1.53. The highest BCUT2D eigenvalue weighted by atomic mass is 16.5. The lowest BCUT2D eigenvalue weighted by Gasteiger charge is -1.98. The number of hydrogen-bond acceptors (Lipinski definition) is 1. The van der Waals surface area contributed by atoms with E-state index in [9.17, 15) is 5.11 Å². The molecule has 2 heteroatoms. The number of hydrogen-bond donors (Lipinski definition) is 0. The zero-order valence-electron chi connectivity index (χ0n) is 4.89. The lowest BCUT2D eigenvalue weighted by Crippen LogP contribution is -2.08. The molecular weight excluding hydrogens is 104 g/mol. The van der Waals surface area contributed by atoms with Crippen LogP contribution in [0.15, 0.2) is 0 Å². The summed E-state index contributed by atoms with van der Waals surface area (Å²) < 4.78 is 4.70. The highest BCUT2D eigenvalue weighted by Gasteiger charge is 1.93. The summed E-state index contributed by atoms with van der Waals surface area (Å²) in [4.78, 5) is 0. The summed E-state index contributed by atoms with van der Waals surface area (Å²) in [5.41, 5.74) is 0. The van der Waals surface area contributed by atoms with Crippen LogP contribution in [0.3, 0.4) is 0 Å². The van der Waals surface area contributed by atoms with Crippen LogP contribution in [0.1, 0.15) is 6.92 Å². The maximum Gasteiger partial charge on any atom is 0.113 e. The Morgan fingerprint density at radius 2 is 2.50 bits per heavy atom. The minimum Gasteiger partial charge on any atom is -0.366 e. The molecule has 0 aliphatic heterocycles. The molecule has 0 saturated heterocycles. The minimum atomic E-state index is -0.664. The van der Waals surface area contributed by atoms with Crippen molar-refractivity contribution in [3.8, 4) is 12.3 Å². The molecule has 0 spiro atoms. The minimum absolute atomic E-state index is 0.212. The van der Waals surface area contributed by atoms with Gasteiger partial charge in [0.25, 0.3) is 0 Å². The van der Waals surface area contributed by atoms with Gasteiger partial charge in [0.15, 0.2) is 0 Å². The van der Waals surface area contributed by atoms with Crippen molar-refractivity contribution in [1.29, 1.82) is 0 Å². The Bertz CT molecular complexity index is 81.0. The van der Waals surface area contributed by atoms with Gasteiger partial charge in [-0.2, -0.15) is 0 Å². The van der Waals surface area contributed by atoms with Crippen LogP contribution < -0.4 is 0 Å². The molecule has 2 nitrogen and oxygen atoms in total. The molecule has 0 fully saturated rings. The second kappa shape index (κ2) is 4.63. The molecule has 45 valence electrons. The Morgan fingerprint density at radius 1 is 1.88 bits per heavy atom. The molecule has 0 aromatic carbocycles. The van der Waals surface area contributed by atoms with Crippen LogP contribution in [-0.2, 0) is 9.84 Å². The molecule has 0 aliphatic carbocycles. The Balaban J connectivity index is 2.85. The summed E-state index contributed by atoms with van der Waals surface area (Å²) in [7, 11) is 0. The van der Waals surface area contributed by atoms with Crippen molar-refractivity contribution in [1.82, 2.24) is 0 Å². The van der Waals surface area contributed by atoms with Crippen LogP contribution in [0.5, 0.6) is 0 Å². The van der Waals surface area contributed by atoms with Crippen molar-refractivity contribution in [2.45, 2.75) is 13.0 Å². The van der Waals surface area contributed by atoms with Crippen molar-refractivity contribution in [3.63, 3.8) is 0 Å². The van der Waals surface area contributed by atoms with E-state index < -0.39 is 6.10 Å². The van der Waals surface area contributed by atoms with Crippen LogP contribution in [0.4, 0.5) is 0 Å². The molecule has 0 aromatic heterocycles. The average Bonchev–Trinajstić information content (AvgIpc) is 1.66. The fraction of sp³-hybridized carbons (Fsp3) is 0.667. The molecule has 0 bridgehead atoms. The molecule has 1 atom stereocenters. The number of rotatable bonds is 3. The van der Waals surface area contributed by atoms with Gasteiger partial charge in [0.1, 0.15) is 12.7 Å². The second-order valence-corrected chi connectivity index (χ2v) is 1.53. The highest BCUT2D eigenvalue weighted by Crippen LogP contribution is 1.81. The van der Waals surface area contributed by atoms with Crippen molar-refractivity contribution in [2.24, 2.45) is 0 Å². The fourth-order valence-electron chi connectivity index (χ4n) is 0.284. The maximum atomic E-state index is 10.2. The quantitative estimate of drug-likeness (QED) is 0.386. The van der Waals surface area contributed by atoms with Gasteiger partial charge in [0.2, 0.25) is 0 Å². The summed E-state index contributed by atoms with van der Waals surface area (Å²) in [5.74, 6) is 2.26. The third-order valence-electron chi connectivity index (χ3n) is 0.538. The Kier molecular flexibility index (Phi) is 4.33. The topological polar surface area (TPSA) is 29.1 Å². The molecule has 0 aromatic rings. The molecule has 0 rings (SSSR count). The fourth-order valence-corrected chi connectivity index (χ4v) is 0.284. The first-order valence-electron chi connectivity index (χ1n) is 2.44. The van der Waals surface area contributed by atoms with E-state index in [4.69, 9.17) is 11.2 Å². The van der Waals surface area contributed by atoms with Gasteiger partial charge in [-0.15, -0.1) is 6.42 Å². The standard InChI is InChI=1S/C6H9O2/c1-3-4-8-5-6(2)7/h1,6H,4-5H2,2H3. The van der Waals surface area contributed by atoms with E-state index in [0.29, 0.717) is 0 Å². The largest absolute Gasteiger partial charge is 0.366 e. The monoisotopic (exact) mass is 113 g/mol. The van der Waals surface area contributed by atoms with Crippen LogP contribution >= 0.6 is 0 Å². The Morgan fingerprint density at radius 3 is 2.88 bits per heavy atom. The lowest BCUT2D eigenvalue weighted by atomic mass is 10.4. The number of ether oxygens (including phenoxy) is 1. The smallest absolute Gasteiger partial charge is 0.113 e. The van der Waals surface area contributed by atoms with E-state index in [-0.39, 0.29) is 13.2 Å². The molecule has 0 amide bonds. The Labute approximate surface area is 49.5 Å². The summed E-state index contributed by atoms with van der Waals surface area (Å²) in [5, 5.41) is 10.2. The molecule has 0 aliphatic rings. The third kappa shape index (κ3) is 5.48. The lowest BCUT2D eigenvalue weighted by molar-refractivity contribution is 0.0184. The van der Waals surface area contributed by atoms with Crippen LogP contribution in [0.2, 0.25) is 0 Å². The normalized spacial score (nSPS) is 12.6. The molecule has 1 unspecified atom stereocenters. The van der Waals surface area contributed by atoms with E-state index in [1.165, 1.54) is 6.92 Å². The van der Waals surface area contributed by atoms with E-state index in [1.807, 2.05) is 0 Å². The maximum absolute atomic E-state index is 10.2. The predicted octanol–water partition coefficient (Wildman–Crippen LogP) is 0.455. The van der Waals surface area contributed by atoms with Crippen molar-refractivity contribution >= 4 is 0 Å². The van der Waals surface area contributed by atoms with Gasteiger partial charge in [-0.3, -0.25) is 0 Å².